The van der Waals surface area contributed by atoms with Gasteiger partial charge in [-0.2, -0.15) is 5.10 Å². The summed E-state index contributed by atoms with van der Waals surface area (Å²) < 4.78 is 0. The molecule has 0 atom stereocenters. The number of nitrogens with one attached hydrogen (secondary N) is 1. The fourth-order valence-electron chi connectivity index (χ4n) is 1.13. The first-order valence-electron chi connectivity index (χ1n) is 3.41. The van der Waals surface area contributed by atoms with E-state index >= 15 is 0 Å². The van der Waals surface area contributed by atoms with Crippen molar-refractivity contribution in [1.29, 1.82) is 0 Å². The molecule has 58 valence electrons. The van der Waals surface area contributed by atoms with Gasteiger partial charge in [0.25, 0.3) is 0 Å². The minimum absolute atomic E-state index is 0.640. The highest BCUT2D eigenvalue weighted by molar-refractivity contribution is 6.35. The van der Waals surface area contributed by atoms with Crippen molar-refractivity contribution >= 4 is 22.5 Å². The van der Waals surface area contributed by atoms with Gasteiger partial charge in [-0.3, -0.25) is 5.10 Å². The number of H-pyrrole nitrogens is 1. The van der Waals surface area contributed by atoms with E-state index in [-0.39, 0.29) is 0 Å². The Morgan fingerprint density at radius 3 is 3.08 bits per heavy atom. The molecule has 3 heteroatoms. The third-order valence-corrected chi connectivity index (χ3v) is 2.04. The van der Waals surface area contributed by atoms with Crippen LogP contribution in [0.5, 0.6) is 0 Å². The monoisotopic (exact) mass is 176 g/mol. The van der Waals surface area contributed by atoms with Gasteiger partial charge in [-0.1, -0.05) is 17.5 Å². The maximum atomic E-state index is 5.89. The van der Waals surface area contributed by atoms with Crippen LogP contribution < -0.4 is 0 Å². The van der Waals surface area contributed by atoms with Gasteiger partial charge in [-0.05, 0) is 12.1 Å². The lowest BCUT2D eigenvalue weighted by atomic mass is 10.1. The second-order valence-electron chi connectivity index (χ2n) is 2.40. The highest BCUT2D eigenvalue weighted by atomic mass is 35.5. The standard InChI is InChI=1S/C9H5ClN2/c1-2-6-3-4-8(10)9-7(6)5-11-12-9/h1,3-5H,(H,11,12). The second kappa shape index (κ2) is 2.54. The summed E-state index contributed by atoms with van der Waals surface area (Å²) in [7, 11) is 0. The number of fused-ring (bicyclic) bond motifs is 1. The van der Waals surface area contributed by atoms with Crippen LogP contribution in [0.2, 0.25) is 5.02 Å². The molecule has 0 aliphatic carbocycles. The molecule has 0 saturated heterocycles. The van der Waals surface area contributed by atoms with E-state index in [1.54, 1.807) is 18.3 Å². The van der Waals surface area contributed by atoms with Crippen LogP contribution in [0.3, 0.4) is 0 Å². The lowest BCUT2D eigenvalue weighted by Gasteiger charge is -1.94. The zero-order valence-electron chi connectivity index (χ0n) is 6.13. The Morgan fingerprint density at radius 1 is 1.50 bits per heavy atom. The summed E-state index contributed by atoms with van der Waals surface area (Å²) in [6, 6.07) is 3.57. The molecule has 0 spiro atoms. The molecule has 0 radical (unpaired) electrons. The molecule has 12 heavy (non-hydrogen) atoms. The number of hydrogen-bond acceptors (Lipinski definition) is 1. The summed E-state index contributed by atoms with van der Waals surface area (Å²) in [5.41, 5.74) is 1.61. The van der Waals surface area contributed by atoms with Crippen LogP contribution in [-0.4, -0.2) is 10.2 Å². The Labute approximate surface area is 74.5 Å². The van der Waals surface area contributed by atoms with Gasteiger partial charge in [-0.15, -0.1) is 6.42 Å². The molecule has 0 bridgehead atoms. The van der Waals surface area contributed by atoms with Crippen LogP contribution in [0.4, 0.5) is 0 Å². The van der Waals surface area contributed by atoms with E-state index in [4.69, 9.17) is 18.0 Å². The van der Waals surface area contributed by atoms with Crippen LogP contribution in [0.25, 0.3) is 10.9 Å². The fourth-order valence-corrected chi connectivity index (χ4v) is 1.33. The third-order valence-electron chi connectivity index (χ3n) is 1.72. The van der Waals surface area contributed by atoms with E-state index in [0.717, 1.165) is 16.5 Å². The molecule has 2 nitrogen and oxygen atoms in total. The Morgan fingerprint density at radius 2 is 2.33 bits per heavy atom. The molecule has 0 aliphatic heterocycles. The van der Waals surface area contributed by atoms with Crippen LogP contribution in [-0.2, 0) is 0 Å². The molecular formula is C9H5ClN2. The highest BCUT2D eigenvalue weighted by Gasteiger charge is 2.03. The average molecular weight is 177 g/mol. The van der Waals surface area contributed by atoms with Gasteiger partial charge in [0.2, 0.25) is 0 Å². The predicted molar refractivity (Wildman–Crippen MR) is 49.0 cm³/mol. The van der Waals surface area contributed by atoms with E-state index in [1.807, 2.05) is 0 Å². The summed E-state index contributed by atoms with van der Waals surface area (Å²) in [5.74, 6) is 2.56. The van der Waals surface area contributed by atoms with Crippen LogP contribution in [0.1, 0.15) is 5.56 Å². The lowest BCUT2D eigenvalue weighted by molar-refractivity contribution is 1.12. The highest BCUT2D eigenvalue weighted by Crippen LogP contribution is 2.23. The predicted octanol–water partition coefficient (Wildman–Crippen LogP) is 2.20. The molecule has 0 saturated carbocycles. The fraction of sp³-hybridized carbons (Fsp3) is 0. The molecule has 2 aromatic rings. The second-order valence-corrected chi connectivity index (χ2v) is 2.81. The Bertz CT molecular complexity index is 465. The van der Waals surface area contributed by atoms with E-state index in [0.29, 0.717) is 5.02 Å². The molecule has 0 amide bonds. The maximum absolute atomic E-state index is 5.89. The van der Waals surface area contributed by atoms with Gasteiger partial charge >= 0.3 is 0 Å². The molecule has 0 unspecified atom stereocenters. The van der Waals surface area contributed by atoms with Crippen LogP contribution >= 0.6 is 11.6 Å². The van der Waals surface area contributed by atoms with Crippen molar-refractivity contribution in [1.82, 2.24) is 10.2 Å². The van der Waals surface area contributed by atoms with Crippen molar-refractivity contribution < 1.29 is 0 Å². The molecule has 1 heterocycles. The maximum Gasteiger partial charge on any atom is 0.0849 e. The SMILES string of the molecule is C#Cc1ccc(Cl)c2[nH]ncc12. The number of benzene rings is 1. The molecule has 0 aliphatic rings. The normalized spacial score (nSPS) is 10.0. The zero-order chi connectivity index (χ0) is 8.55. The topological polar surface area (TPSA) is 28.7 Å². The van der Waals surface area contributed by atoms with Crippen molar-refractivity contribution in [2.75, 3.05) is 0 Å². The summed E-state index contributed by atoms with van der Waals surface area (Å²) >= 11 is 5.89. The summed E-state index contributed by atoms with van der Waals surface area (Å²) in [4.78, 5) is 0. The van der Waals surface area contributed by atoms with Gasteiger partial charge in [0.15, 0.2) is 0 Å². The number of rotatable bonds is 0. The molecule has 2 rings (SSSR count). The zero-order valence-corrected chi connectivity index (χ0v) is 6.89. The van der Waals surface area contributed by atoms with Gasteiger partial charge in [0.05, 0.1) is 16.7 Å². The summed E-state index contributed by atoms with van der Waals surface area (Å²) in [6.45, 7) is 0. The van der Waals surface area contributed by atoms with Crippen LogP contribution in [0.15, 0.2) is 18.3 Å². The summed E-state index contributed by atoms with van der Waals surface area (Å²) in [6.07, 6.45) is 6.97. The van der Waals surface area contributed by atoms with Crippen molar-refractivity contribution in [3.8, 4) is 12.3 Å². The number of terminal acetylenes is 1. The first-order valence-corrected chi connectivity index (χ1v) is 3.79. The van der Waals surface area contributed by atoms with Crippen molar-refractivity contribution in [2.45, 2.75) is 0 Å². The van der Waals surface area contributed by atoms with E-state index in [2.05, 4.69) is 16.1 Å². The Kier molecular flexibility index (Phi) is 1.53. The minimum Gasteiger partial charge on any atom is -0.276 e. The Balaban J connectivity index is 2.94. The average Bonchev–Trinajstić information content (AvgIpc) is 2.54. The first kappa shape index (κ1) is 7.20. The smallest absolute Gasteiger partial charge is 0.0849 e. The third kappa shape index (κ3) is 0.876. The van der Waals surface area contributed by atoms with E-state index < -0.39 is 0 Å². The molecule has 1 aromatic heterocycles. The Hall–Kier alpha value is -1.46. The number of aromatic nitrogens is 2. The van der Waals surface area contributed by atoms with Gasteiger partial charge in [0.1, 0.15) is 0 Å². The lowest BCUT2D eigenvalue weighted by Crippen LogP contribution is -1.76. The first-order chi connectivity index (χ1) is 5.83. The van der Waals surface area contributed by atoms with Crippen molar-refractivity contribution in [3.05, 3.63) is 28.9 Å². The summed E-state index contributed by atoms with van der Waals surface area (Å²) in [5, 5.41) is 8.18. The van der Waals surface area contributed by atoms with Crippen LogP contribution in [0, 0.1) is 12.3 Å². The molecule has 0 fully saturated rings. The number of nitrogens with zero attached hydrogens (tertiary/aromatic N) is 1. The largest absolute Gasteiger partial charge is 0.276 e. The quantitative estimate of drug-likeness (QED) is 0.613. The van der Waals surface area contributed by atoms with Crippen molar-refractivity contribution in [3.63, 3.8) is 0 Å². The number of aromatic amines is 1. The van der Waals surface area contributed by atoms with E-state index in [1.165, 1.54) is 0 Å². The van der Waals surface area contributed by atoms with Gasteiger partial charge in [0, 0.05) is 10.9 Å². The minimum atomic E-state index is 0.640. The van der Waals surface area contributed by atoms with Gasteiger partial charge < -0.3 is 0 Å². The number of halogens is 1. The molecular weight excluding hydrogens is 172 g/mol. The molecule has 1 aromatic carbocycles. The van der Waals surface area contributed by atoms with Gasteiger partial charge in [-0.25, -0.2) is 0 Å². The molecule has 1 N–H and O–H groups in total. The van der Waals surface area contributed by atoms with Crippen molar-refractivity contribution in [2.24, 2.45) is 0 Å². The number of hydrogen-bond donors (Lipinski definition) is 1. The van der Waals surface area contributed by atoms with E-state index in [9.17, 15) is 0 Å².